The van der Waals surface area contributed by atoms with Gasteiger partial charge >= 0.3 is 0 Å². The van der Waals surface area contributed by atoms with Gasteiger partial charge in [-0.05, 0) is 49.0 Å². The van der Waals surface area contributed by atoms with Crippen molar-refractivity contribution in [2.75, 3.05) is 18.6 Å². The van der Waals surface area contributed by atoms with E-state index in [-0.39, 0.29) is 12.0 Å². The zero-order chi connectivity index (χ0) is 13.8. The third kappa shape index (κ3) is 3.76. The van der Waals surface area contributed by atoms with Gasteiger partial charge in [0.15, 0.2) is 0 Å². The maximum atomic E-state index is 12.5. The monoisotopic (exact) mass is 341 g/mol. The molecular weight excluding hydrogens is 322 g/mol. The van der Waals surface area contributed by atoms with E-state index >= 15 is 0 Å². The molecule has 4 heteroatoms. The standard InChI is InChI=1S/C15H20BrNOS/c1-11(12-3-5-14(16)6-4-12)17(2)15(18)13-7-9-19-10-8-13/h3-6,11,13H,7-10H2,1-2H3. The summed E-state index contributed by atoms with van der Waals surface area (Å²) in [6.45, 7) is 2.10. The van der Waals surface area contributed by atoms with Crippen molar-refractivity contribution in [2.24, 2.45) is 5.92 Å². The van der Waals surface area contributed by atoms with Gasteiger partial charge in [0.05, 0.1) is 6.04 Å². The molecule has 0 aliphatic carbocycles. The van der Waals surface area contributed by atoms with E-state index in [0.29, 0.717) is 5.91 Å². The van der Waals surface area contributed by atoms with Crippen LogP contribution in [0.3, 0.4) is 0 Å². The molecule has 1 saturated heterocycles. The first kappa shape index (κ1) is 14.9. The highest BCUT2D eigenvalue weighted by atomic mass is 79.9. The number of benzene rings is 1. The summed E-state index contributed by atoms with van der Waals surface area (Å²) in [4.78, 5) is 14.4. The third-order valence-electron chi connectivity index (χ3n) is 3.85. The van der Waals surface area contributed by atoms with Gasteiger partial charge in [-0.15, -0.1) is 0 Å². The summed E-state index contributed by atoms with van der Waals surface area (Å²) in [7, 11) is 1.93. The number of carbonyl (C=O) groups excluding carboxylic acids is 1. The van der Waals surface area contributed by atoms with E-state index in [2.05, 4.69) is 35.0 Å². The van der Waals surface area contributed by atoms with E-state index in [1.807, 2.05) is 35.8 Å². The lowest BCUT2D eigenvalue weighted by Crippen LogP contribution is -2.36. The summed E-state index contributed by atoms with van der Waals surface area (Å²) in [5.41, 5.74) is 1.18. The second-order valence-corrected chi connectivity index (χ2v) is 7.20. The average Bonchev–Trinajstić information content (AvgIpc) is 2.46. The number of hydrogen-bond acceptors (Lipinski definition) is 2. The first-order valence-electron chi connectivity index (χ1n) is 6.69. The molecule has 1 aliphatic heterocycles. The van der Waals surface area contributed by atoms with E-state index in [4.69, 9.17) is 0 Å². The van der Waals surface area contributed by atoms with Crippen LogP contribution in [0.25, 0.3) is 0 Å². The Bertz CT molecular complexity index is 428. The maximum Gasteiger partial charge on any atom is 0.225 e. The number of carbonyl (C=O) groups is 1. The number of rotatable bonds is 3. The molecule has 1 heterocycles. The third-order valence-corrected chi connectivity index (χ3v) is 5.43. The highest BCUT2D eigenvalue weighted by Crippen LogP contribution is 2.28. The lowest BCUT2D eigenvalue weighted by Gasteiger charge is -2.31. The smallest absolute Gasteiger partial charge is 0.225 e. The van der Waals surface area contributed by atoms with Crippen molar-refractivity contribution in [3.63, 3.8) is 0 Å². The number of nitrogens with zero attached hydrogens (tertiary/aromatic N) is 1. The Hall–Kier alpha value is -0.480. The van der Waals surface area contributed by atoms with Crippen LogP contribution < -0.4 is 0 Å². The molecule has 1 aromatic carbocycles. The minimum atomic E-state index is 0.134. The van der Waals surface area contributed by atoms with Gasteiger partial charge in [0.2, 0.25) is 5.91 Å². The van der Waals surface area contributed by atoms with Crippen LogP contribution in [0.1, 0.15) is 31.4 Å². The number of amides is 1. The van der Waals surface area contributed by atoms with Crippen LogP contribution in [0.15, 0.2) is 28.7 Å². The lowest BCUT2D eigenvalue weighted by atomic mass is 9.99. The van der Waals surface area contributed by atoms with Crippen molar-refractivity contribution < 1.29 is 4.79 Å². The zero-order valence-corrected chi connectivity index (χ0v) is 13.8. The molecule has 0 bridgehead atoms. The fourth-order valence-electron chi connectivity index (χ4n) is 2.39. The van der Waals surface area contributed by atoms with E-state index in [1.54, 1.807) is 0 Å². The summed E-state index contributed by atoms with van der Waals surface area (Å²) in [5.74, 6) is 2.77. The Morgan fingerprint density at radius 2 is 1.89 bits per heavy atom. The van der Waals surface area contributed by atoms with Gasteiger partial charge in [0, 0.05) is 17.4 Å². The molecule has 1 unspecified atom stereocenters. The predicted molar refractivity (Wildman–Crippen MR) is 85.4 cm³/mol. The highest BCUT2D eigenvalue weighted by molar-refractivity contribution is 9.10. The van der Waals surface area contributed by atoms with Crippen LogP contribution in [0.5, 0.6) is 0 Å². The van der Waals surface area contributed by atoms with Gasteiger partial charge in [-0.25, -0.2) is 0 Å². The Labute approximate surface area is 128 Å². The average molecular weight is 342 g/mol. The molecule has 104 valence electrons. The van der Waals surface area contributed by atoms with E-state index in [0.717, 1.165) is 28.8 Å². The fourth-order valence-corrected chi connectivity index (χ4v) is 3.76. The fraction of sp³-hybridized carbons (Fsp3) is 0.533. The van der Waals surface area contributed by atoms with Gasteiger partial charge in [-0.2, -0.15) is 11.8 Å². The molecule has 0 aromatic heterocycles. The summed E-state index contributed by atoms with van der Waals surface area (Å²) in [5, 5.41) is 0. The molecule has 1 amide bonds. The Balaban J connectivity index is 2.03. The van der Waals surface area contributed by atoms with Gasteiger partial charge in [0.1, 0.15) is 0 Å². The molecule has 0 N–H and O–H groups in total. The molecule has 1 fully saturated rings. The zero-order valence-electron chi connectivity index (χ0n) is 11.4. The van der Waals surface area contributed by atoms with Gasteiger partial charge in [0.25, 0.3) is 0 Å². The highest BCUT2D eigenvalue weighted by Gasteiger charge is 2.27. The minimum absolute atomic E-state index is 0.134. The molecule has 1 aliphatic rings. The van der Waals surface area contributed by atoms with Crippen LogP contribution in [0.2, 0.25) is 0 Å². The maximum absolute atomic E-state index is 12.5. The van der Waals surface area contributed by atoms with Crippen molar-refractivity contribution >= 4 is 33.6 Å². The van der Waals surface area contributed by atoms with Crippen LogP contribution in [-0.4, -0.2) is 29.4 Å². The van der Waals surface area contributed by atoms with E-state index in [9.17, 15) is 4.79 Å². The molecule has 2 nitrogen and oxygen atoms in total. The lowest BCUT2D eigenvalue weighted by molar-refractivity contribution is -0.136. The number of halogens is 1. The molecular formula is C15H20BrNOS. The molecule has 1 atom stereocenters. The van der Waals surface area contributed by atoms with Crippen molar-refractivity contribution in [2.45, 2.75) is 25.8 Å². The molecule has 19 heavy (non-hydrogen) atoms. The van der Waals surface area contributed by atoms with Crippen LogP contribution in [-0.2, 0) is 4.79 Å². The van der Waals surface area contributed by atoms with E-state index < -0.39 is 0 Å². The second-order valence-electron chi connectivity index (χ2n) is 5.06. The Morgan fingerprint density at radius 3 is 2.47 bits per heavy atom. The van der Waals surface area contributed by atoms with E-state index in [1.165, 1.54) is 5.56 Å². The quantitative estimate of drug-likeness (QED) is 0.824. The van der Waals surface area contributed by atoms with Crippen molar-refractivity contribution in [3.8, 4) is 0 Å². The normalized spacial score (nSPS) is 18.1. The summed E-state index contributed by atoms with van der Waals surface area (Å²) in [6.07, 6.45) is 2.06. The molecule has 1 aromatic rings. The number of thioether (sulfide) groups is 1. The van der Waals surface area contributed by atoms with Crippen molar-refractivity contribution in [3.05, 3.63) is 34.3 Å². The van der Waals surface area contributed by atoms with Gasteiger partial charge < -0.3 is 4.90 Å². The Kier molecular flexibility index (Phi) is 5.34. The molecule has 0 spiro atoms. The summed E-state index contributed by atoms with van der Waals surface area (Å²) < 4.78 is 1.07. The molecule has 2 rings (SSSR count). The first-order chi connectivity index (χ1) is 9.09. The van der Waals surface area contributed by atoms with Gasteiger partial charge in [-0.3, -0.25) is 4.79 Å². The topological polar surface area (TPSA) is 20.3 Å². The number of hydrogen-bond donors (Lipinski definition) is 0. The summed E-state index contributed by atoms with van der Waals surface area (Å²) in [6, 6.07) is 8.35. The Morgan fingerprint density at radius 1 is 1.32 bits per heavy atom. The second kappa shape index (κ2) is 6.80. The van der Waals surface area contributed by atoms with Crippen LogP contribution in [0, 0.1) is 5.92 Å². The largest absolute Gasteiger partial charge is 0.339 e. The van der Waals surface area contributed by atoms with Crippen molar-refractivity contribution in [1.29, 1.82) is 0 Å². The minimum Gasteiger partial charge on any atom is -0.339 e. The molecule has 0 radical (unpaired) electrons. The predicted octanol–water partition coefficient (Wildman–Crippen LogP) is 4.11. The van der Waals surface area contributed by atoms with Crippen LogP contribution in [0.4, 0.5) is 0 Å². The SMILES string of the molecule is CC(c1ccc(Br)cc1)N(C)C(=O)C1CCSCC1. The van der Waals surface area contributed by atoms with Crippen LogP contribution >= 0.6 is 27.7 Å². The summed E-state index contributed by atoms with van der Waals surface area (Å²) >= 11 is 5.40. The van der Waals surface area contributed by atoms with Gasteiger partial charge in [-0.1, -0.05) is 28.1 Å². The first-order valence-corrected chi connectivity index (χ1v) is 8.64. The molecule has 0 saturated carbocycles. The van der Waals surface area contributed by atoms with Crippen molar-refractivity contribution in [1.82, 2.24) is 4.90 Å².